The second-order valence-corrected chi connectivity index (χ2v) is 5.20. The molecular formula is C14H17F2N. The van der Waals surface area contributed by atoms with E-state index in [-0.39, 0.29) is 18.5 Å². The van der Waals surface area contributed by atoms with Gasteiger partial charge in [0, 0.05) is 18.5 Å². The van der Waals surface area contributed by atoms with Gasteiger partial charge in [0.05, 0.1) is 6.04 Å². The molecule has 0 aromatic heterocycles. The number of rotatable bonds is 2. The van der Waals surface area contributed by atoms with Crippen LogP contribution in [0.15, 0.2) is 30.3 Å². The molecule has 0 spiro atoms. The van der Waals surface area contributed by atoms with Crippen LogP contribution in [0, 0.1) is 0 Å². The zero-order chi connectivity index (χ0) is 12.0. The summed E-state index contributed by atoms with van der Waals surface area (Å²) in [4.78, 5) is 1.99. The molecule has 1 aromatic rings. The zero-order valence-corrected chi connectivity index (χ0v) is 9.94. The Bertz CT molecular complexity index is 404. The standard InChI is InChI=1S/C14H17F2N/c1-10(11-6-3-2-4-7-11)17-12-8-5-9-14(15,16)13(12)17/h2-4,6-7,10,12-13H,5,8-9H2,1H3. The summed E-state index contributed by atoms with van der Waals surface area (Å²) in [5.74, 6) is -2.48. The Hall–Kier alpha value is -0.960. The van der Waals surface area contributed by atoms with Crippen LogP contribution in [0.1, 0.15) is 37.8 Å². The van der Waals surface area contributed by atoms with Gasteiger partial charge >= 0.3 is 0 Å². The minimum Gasteiger partial charge on any atom is -0.282 e. The quantitative estimate of drug-likeness (QED) is 0.710. The van der Waals surface area contributed by atoms with E-state index in [2.05, 4.69) is 0 Å². The maximum atomic E-state index is 13.7. The lowest BCUT2D eigenvalue weighted by Gasteiger charge is -2.20. The summed E-state index contributed by atoms with van der Waals surface area (Å²) in [6.45, 7) is 2.03. The average molecular weight is 237 g/mol. The predicted octanol–water partition coefficient (Wildman–Crippen LogP) is 3.62. The molecule has 1 aliphatic heterocycles. The molecule has 4 unspecified atom stereocenters. The van der Waals surface area contributed by atoms with Crippen molar-refractivity contribution in [2.24, 2.45) is 0 Å². The molecule has 2 aliphatic rings. The first-order valence-corrected chi connectivity index (χ1v) is 6.31. The SMILES string of the molecule is CC(c1ccccc1)N1C2CCCC(F)(F)C21. The maximum absolute atomic E-state index is 13.7. The van der Waals surface area contributed by atoms with Crippen molar-refractivity contribution in [2.75, 3.05) is 0 Å². The van der Waals surface area contributed by atoms with Crippen LogP contribution < -0.4 is 0 Å². The predicted molar refractivity (Wildman–Crippen MR) is 63.1 cm³/mol. The molecule has 1 aromatic carbocycles. The van der Waals surface area contributed by atoms with Gasteiger partial charge in [-0.15, -0.1) is 0 Å². The molecule has 3 heteroatoms. The number of nitrogens with zero attached hydrogens (tertiary/aromatic N) is 1. The summed E-state index contributed by atoms with van der Waals surface area (Å²) < 4.78 is 27.4. The fourth-order valence-electron chi connectivity index (χ4n) is 3.23. The summed E-state index contributed by atoms with van der Waals surface area (Å²) in [5.41, 5.74) is 1.14. The van der Waals surface area contributed by atoms with Crippen molar-refractivity contribution in [1.82, 2.24) is 4.90 Å². The van der Waals surface area contributed by atoms with Crippen LogP contribution in [0.4, 0.5) is 8.78 Å². The van der Waals surface area contributed by atoms with Crippen molar-refractivity contribution in [2.45, 2.75) is 50.2 Å². The van der Waals surface area contributed by atoms with Crippen molar-refractivity contribution in [1.29, 1.82) is 0 Å². The Kier molecular flexibility index (Phi) is 2.47. The van der Waals surface area contributed by atoms with Gasteiger partial charge in [0.1, 0.15) is 0 Å². The molecule has 0 N–H and O–H groups in total. The Morgan fingerprint density at radius 3 is 2.65 bits per heavy atom. The van der Waals surface area contributed by atoms with Crippen molar-refractivity contribution in [3.8, 4) is 0 Å². The first-order valence-electron chi connectivity index (χ1n) is 6.31. The number of halogens is 2. The highest BCUT2D eigenvalue weighted by molar-refractivity contribution is 5.24. The van der Waals surface area contributed by atoms with Gasteiger partial charge in [-0.05, 0) is 25.3 Å². The zero-order valence-electron chi connectivity index (χ0n) is 9.94. The Balaban J connectivity index is 1.79. The molecule has 2 fully saturated rings. The molecule has 1 saturated heterocycles. The molecule has 3 rings (SSSR count). The summed E-state index contributed by atoms with van der Waals surface area (Å²) in [6, 6.07) is 9.64. The van der Waals surface area contributed by atoms with Gasteiger partial charge in [-0.1, -0.05) is 30.3 Å². The smallest absolute Gasteiger partial charge is 0.264 e. The van der Waals surface area contributed by atoms with Crippen molar-refractivity contribution in [3.05, 3.63) is 35.9 Å². The van der Waals surface area contributed by atoms with Crippen molar-refractivity contribution in [3.63, 3.8) is 0 Å². The van der Waals surface area contributed by atoms with E-state index in [1.165, 1.54) is 0 Å². The van der Waals surface area contributed by atoms with Crippen molar-refractivity contribution >= 4 is 0 Å². The Labute approximate surface area is 100 Å². The molecule has 1 heterocycles. The van der Waals surface area contributed by atoms with E-state index in [0.717, 1.165) is 12.0 Å². The molecular weight excluding hydrogens is 220 g/mol. The first-order chi connectivity index (χ1) is 8.11. The number of hydrogen-bond acceptors (Lipinski definition) is 1. The van der Waals surface area contributed by atoms with E-state index in [1.54, 1.807) is 0 Å². The van der Waals surface area contributed by atoms with Crippen LogP contribution in [-0.4, -0.2) is 22.9 Å². The maximum Gasteiger partial charge on any atom is 0.264 e. The molecule has 4 atom stereocenters. The van der Waals surface area contributed by atoms with E-state index < -0.39 is 12.0 Å². The van der Waals surface area contributed by atoms with Gasteiger partial charge < -0.3 is 0 Å². The number of hydrogen-bond donors (Lipinski definition) is 0. The normalized spacial score (nSPS) is 36.1. The minimum absolute atomic E-state index is 0.0617. The molecule has 0 bridgehead atoms. The molecule has 1 aliphatic carbocycles. The third-order valence-electron chi connectivity index (χ3n) is 4.15. The third kappa shape index (κ3) is 1.77. The number of alkyl halides is 2. The lowest BCUT2D eigenvalue weighted by atomic mass is 9.97. The van der Waals surface area contributed by atoms with E-state index >= 15 is 0 Å². The lowest BCUT2D eigenvalue weighted by molar-refractivity contribution is -0.0309. The van der Waals surface area contributed by atoms with E-state index in [1.807, 2.05) is 42.2 Å². The molecule has 1 nitrogen and oxygen atoms in total. The highest BCUT2D eigenvalue weighted by Gasteiger charge is 2.64. The molecule has 0 amide bonds. The van der Waals surface area contributed by atoms with Gasteiger partial charge in [0.2, 0.25) is 0 Å². The van der Waals surface area contributed by atoms with Crippen molar-refractivity contribution < 1.29 is 8.78 Å². The summed E-state index contributed by atoms with van der Waals surface area (Å²) >= 11 is 0. The second kappa shape index (κ2) is 3.77. The number of fused-ring (bicyclic) bond motifs is 1. The summed E-state index contributed by atoms with van der Waals surface area (Å²) in [6.07, 6.45) is 1.65. The van der Waals surface area contributed by atoms with Crippen LogP contribution >= 0.6 is 0 Å². The Morgan fingerprint density at radius 1 is 1.29 bits per heavy atom. The van der Waals surface area contributed by atoms with E-state index in [0.29, 0.717) is 6.42 Å². The van der Waals surface area contributed by atoms with Gasteiger partial charge in [0.15, 0.2) is 0 Å². The van der Waals surface area contributed by atoms with E-state index in [9.17, 15) is 8.78 Å². The van der Waals surface area contributed by atoms with Crippen LogP contribution in [0.3, 0.4) is 0 Å². The summed E-state index contributed by atoms with van der Waals surface area (Å²) in [5, 5.41) is 0. The fourth-order valence-corrected chi connectivity index (χ4v) is 3.23. The van der Waals surface area contributed by atoms with Crippen LogP contribution in [0.2, 0.25) is 0 Å². The highest BCUT2D eigenvalue weighted by Crippen LogP contribution is 2.53. The first kappa shape index (κ1) is 11.1. The highest BCUT2D eigenvalue weighted by atomic mass is 19.3. The number of benzene rings is 1. The number of likely N-dealkylation sites (tertiary alicyclic amines) is 1. The average Bonchev–Trinajstić information content (AvgIpc) is 3.05. The summed E-state index contributed by atoms with van der Waals surface area (Å²) in [7, 11) is 0. The van der Waals surface area contributed by atoms with Gasteiger partial charge in [-0.3, -0.25) is 4.90 Å². The Morgan fingerprint density at radius 2 is 2.00 bits per heavy atom. The third-order valence-corrected chi connectivity index (χ3v) is 4.15. The van der Waals surface area contributed by atoms with Crippen LogP contribution in [0.25, 0.3) is 0 Å². The van der Waals surface area contributed by atoms with E-state index in [4.69, 9.17) is 0 Å². The van der Waals surface area contributed by atoms with Crippen LogP contribution in [-0.2, 0) is 0 Å². The topological polar surface area (TPSA) is 3.01 Å². The molecule has 1 saturated carbocycles. The fraction of sp³-hybridized carbons (Fsp3) is 0.571. The molecule has 17 heavy (non-hydrogen) atoms. The van der Waals surface area contributed by atoms with Gasteiger partial charge in [-0.25, -0.2) is 8.78 Å². The monoisotopic (exact) mass is 237 g/mol. The van der Waals surface area contributed by atoms with Crippen LogP contribution in [0.5, 0.6) is 0 Å². The molecule has 0 radical (unpaired) electrons. The molecule has 92 valence electrons. The largest absolute Gasteiger partial charge is 0.282 e. The lowest BCUT2D eigenvalue weighted by Crippen LogP contribution is -2.30. The minimum atomic E-state index is -2.48. The van der Waals surface area contributed by atoms with Gasteiger partial charge in [-0.2, -0.15) is 0 Å². The van der Waals surface area contributed by atoms with Gasteiger partial charge in [0.25, 0.3) is 5.92 Å². The second-order valence-electron chi connectivity index (χ2n) is 5.20.